The molecule has 1 aliphatic rings. The molecule has 0 unspecified atom stereocenters. The maximum atomic E-state index is 5.56. The largest absolute Gasteiger partial charge is 0.388 e. The Balaban J connectivity index is 1.63. The molecule has 4 rings (SSSR count). The smallest absolute Gasteiger partial charge is 0.174 e. The normalized spacial score (nSPS) is 12.0. The van der Waals surface area contributed by atoms with E-state index in [2.05, 4.69) is 39.6 Å². The van der Waals surface area contributed by atoms with Crippen molar-refractivity contribution in [1.82, 2.24) is 10.2 Å². The lowest BCUT2D eigenvalue weighted by Crippen LogP contribution is -1.99. The zero-order valence-corrected chi connectivity index (χ0v) is 14.0. The zero-order chi connectivity index (χ0) is 15.6. The minimum atomic E-state index is 0.339. The van der Waals surface area contributed by atoms with Crippen molar-refractivity contribution >= 4 is 28.8 Å². The highest BCUT2D eigenvalue weighted by molar-refractivity contribution is 8.00. The van der Waals surface area contributed by atoms with Crippen LogP contribution in [0.4, 0.5) is 0 Å². The van der Waals surface area contributed by atoms with Crippen LogP contribution < -0.4 is 0 Å². The number of thioether (sulfide) groups is 1. The van der Waals surface area contributed by atoms with Gasteiger partial charge in [-0.05, 0) is 17.4 Å². The second-order valence-electron chi connectivity index (χ2n) is 4.97. The molecule has 3 aromatic rings. The molecule has 6 heteroatoms. The van der Waals surface area contributed by atoms with Gasteiger partial charge in [-0.3, -0.25) is 0 Å². The van der Waals surface area contributed by atoms with E-state index >= 15 is 0 Å². The summed E-state index contributed by atoms with van der Waals surface area (Å²) in [7, 11) is 0. The second kappa shape index (κ2) is 6.14. The van der Waals surface area contributed by atoms with Gasteiger partial charge in [-0.2, -0.15) is 0 Å². The van der Waals surface area contributed by atoms with Gasteiger partial charge in [0.25, 0.3) is 0 Å². The highest BCUT2D eigenvalue weighted by Gasteiger charge is 2.24. The van der Waals surface area contributed by atoms with Gasteiger partial charge < -0.3 is 4.84 Å². The van der Waals surface area contributed by atoms with E-state index in [-0.39, 0.29) is 0 Å². The van der Waals surface area contributed by atoms with E-state index in [1.54, 1.807) is 11.8 Å². The summed E-state index contributed by atoms with van der Waals surface area (Å²) in [5.41, 5.74) is 5.49. The molecular formula is C17H13N3OS2. The Labute approximate surface area is 142 Å². The maximum Gasteiger partial charge on any atom is 0.174 e. The molecule has 1 aromatic heterocycles. The number of hydrogen-bond acceptors (Lipinski definition) is 6. The van der Waals surface area contributed by atoms with Crippen LogP contribution in [0.3, 0.4) is 0 Å². The lowest BCUT2D eigenvalue weighted by molar-refractivity contribution is 0.130. The summed E-state index contributed by atoms with van der Waals surface area (Å²) in [4.78, 5) is 5.56. The first-order valence-corrected chi connectivity index (χ1v) is 9.16. The van der Waals surface area contributed by atoms with Crippen LogP contribution in [-0.2, 0) is 11.4 Å². The molecule has 4 nitrogen and oxygen atoms in total. The summed E-state index contributed by atoms with van der Waals surface area (Å²) in [6.45, 7) is 0.339. The molecule has 1 aliphatic carbocycles. The number of benzene rings is 2. The van der Waals surface area contributed by atoms with Crippen molar-refractivity contribution in [3.63, 3.8) is 0 Å². The number of hydrogen-bond donors (Lipinski definition) is 0. The predicted molar refractivity (Wildman–Crippen MR) is 94.0 cm³/mol. The summed E-state index contributed by atoms with van der Waals surface area (Å²) in [6, 6.07) is 16.5. The van der Waals surface area contributed by atoms with Crippen LogP contribution >= 0.6 is 23.1 Å². The second-order valence-corrected chi connectivity index (χ2v) is 7.09. The Morgan fingerprint density at radius 1 is 0.957 bits per heavy atom. The Hall–Kier alpha value is -2.18. The summed E-state index contributed by atoms with van der Waals surface area (Å²) in [5.74, 6) is 0. The quantitative estimate of drug-likeness (QED) is 0.413. The van der Waals surface area contributed by atoms with Crippen molar-refractivity contribution < 1.29 is 4.84 Å². The molecule has 0 spiro atoms. The first kappa shape index (κ1) is 14.4. The Bertz CT molecular complexity index is 841. The molecule has 2 aromatic carbocycles. The average Bonchev–Trinajstić information content (AvgIpc) is 3.18. The Kier molecular flexibility index (Phi) is 3.85. The minimum Gasteiger partial charge on any atom is -0.388 e. The monoisotopic (exact) mass is 339 g/mol. The Morgan fingerprint density at radius 2 is 1.57 bits per heavy atom. The molecule has 0 aliphatic heterocycles. The molecular weight excluding hydrogens is 326 g/mol. The van der Waals surface area contributed by atoms with E-state index in [4.69, 9.17) is 4.84 Å². The van der Waals surface area contributed by atoms with Gasteiger partial charge in [0, 0.05) is 11.1 Å². The standard InChI is InChI=1S/C17H13N3OS2/c1-22-17-19-18-15(23-17)10-21-20-16-13-8-4-2-6-11(13)12-7-3-5-9-14(12)16/h2-9H,10H2,1H3. The maximum absolute atomic E-state index is 5.56. The van der Waals surface area contributed by atoms with E-state index in [0.717, 1.165) is 26.2 Å². The number of aromatic nitrogens is 2. The predicted octanol–water partition coefficient (Wildman–Crippen LogP) is 4.21. The number of fused-ring (bicyclic) bond motifs is 3. The molecule has 0 saturated heterocycles. The first-order valence-electron chi connectivity index (χ1n) is 7.12. The molecule has 0 saturated carbocycles. The average molecular weight is 339 g/mol. The SMILES string of the molecule is CSc1nnc(CON=C2c3ccccc3-c3ccccc32)s1. The van der Waals surface area contributed by atoms with Crippen molar-refractivity contribution in [2.75, 3.05) is 6.26 Å². The summed E-state index contributed by atoms with van der Waals surface area (Å²) in [6.07, 6.45) is 1.98. The molecule has 0 bridgehead atoms. The summed E-state index contributed by atoms with van der Waals surface area (Å²) in [5, 5.41) is 13.4. The fourth-order valence-electron chi connectivity index (χ4n) is 2.62. The highest BCUT2D eigenvalue weighted by atomic mass is 32.2. The van der Waals surface area contributed by atoms with Crippen molar-refractivity contribution in [1.29, 1.82) is 0 Å². The molecule has 114 valence electrons. The van der Waals surface area contributed by atoms with Crippen molar-refractivity contribution in [3.05, 3.63) is 64.7 Å². The van der Waals surface area contributed by atoms with Crippen LogP contribution in [0.1, 0.15) is 16.1 Å². The van der Waals surface area contributed by atoms with Crippen molar-refractivity contribution in [2.45, 2.75) is 10.9 Å². The molecule has 0 fully saturated rings. The van der Waals surface area contributed by atoms with Gasteiger partial charge in [0.1, 0.15) is 5.71 Å². The van der Waals surface area contributed by atoms with E-state index in [9.17, 15) is 0 Å². The third kappa shape index (κ3) is 2.64. The van der Waals surface area contributed by atoms with E-state index in [0.29, 0.717) is 6.61 Å². The van der Waals surface area contributed by atoms with Crippen molar-refractivity contribution in [3.8, 4) is 11.1 Å². The van der Waals surface area contributed by atoms with E-state index in [1.807, 2.05) is 30.5 Å². The number of rotatable bonds is 4. The third-order valence-electron chi connectivity index (χ3n) is 3.62. The van der Waals surface area contributed by atoms with Gasteiger partial charge in [-0.1, -0.05) is 76.8 Å². The zero-order valence-electron chi connectivity index (χ0n) is 12.4. The molecule has 0 radical (unpaired) electrons. The molecule has 1 heterocycles. The molecule has 23 heavy (non-hydrogen) atoms. The fraction of sp³-hybridized carbons (Fsp3) is 0.118. The van der Waals surface area contributed by atoms with Gasteiger partial charge in [0.15, 0.2) is 16.0 Å². The van der Waals surface area contributed by atoms with Gasteiger partial charge in [-0.25, -0.2) is 0 Å². The fourth-order valence-corrected chi connectivity index (χ4v) is 3.84. The molecule has 0 amide bonds. The summed E-state index contributed by atoms with van der Waals surface area (Å²) < 4.78 is 0.938. The van der Waals surface area contributed by atoms with Gasteiger partial charge in [0.05, 0.1) is 0 Å². The lowest BCUT2D eigenvalue weighted by Gasteiger charge is -2.01. The van der Waals surface area contributed by atoms with Crippen molar-refractivity contribution in [2.24, 2.45) is 5.16 Å². The lowest BCUT2D eigenvalue weighted by atomic mass is 10.1. The highest BCUT2D eigenvalue weighted by Crippen LogP contribution is 2.36. The van der Waals surface area contributed by atoms with Gasteiger partial charge in [0.2, 0.25) is 0 Å². The van der Waals surface area contributed by atoms with Crippen LogP contribution in [0.2, 0.25) is 0 Å². The topological polar surface area (TPSA) is 47.4 Å². The van der Waals surface area contributed by atoms with Crippen LogP contribution in [0, 0.1) is 0 Å². The van der Waals surface area contributed by atoms with E-state index < -0.39 is 0 Å². The number of nitrogens with zero attached hydrogens (tertiary/aromatic N) is 3. The summed E-state index contributed by atoms with van der Waals surface area (Å²) >= 11 is 3.12. The first-order chi connectivity index (χ1) is 11.4. The van der Waals surface area contributed by atoms with Gasteiger partial charge in [-0.15, -0.1) is 10.2 Å². The molecule has 0 atom stereocenters. The minimum absolute atomic E-state index is 0.339. The Morgan fingerprint density at radius 3 is 2.13 bits per heavy atom. The van der Waals surface area contributed by atoms with Crippen LogP contribution in [0.25, 0.3) is 11.1 Å². The van der Waals surface area contributed by atoms with Crippen LogP contribution in [0.15, 0.2) is 58.0 Å². The van der Waals surface area contributed by atoms with Crippen LogP contribution in [-0.4, -0.2) is 22.2 Å². The van der Waals surface area contributed by atoms with Gasteiger partial charge >= 0.3 is 0 Å². The third-order valence-corrected chi connectivity index (χ3v) is 5.49. The molecule has 0 N–H and O–H groups in total. The van der Waals surface area contributed by atoms with E-state index in [1.165, 1.54) is 22.5 Å². The van der Waals surface area contributed by atoms with Crippen LogP contribution in [0.5, 0.6) is 0 Å². The number of oxime groups is 1.